The number of methoxy groups -OCH3 is 2. The number of carbonyl (C=O) groups is 1. The minimum atomic E-state index is -0.429. The van der Waals surface area contributed by atoms with E-state index in [0.717, 1.165) is 11.3 Å². The van der Waals surface area contributed by atoms with Gasteiger partial charge in [-0.15, -0.1) is 0 Å². The van der Waals surface area contributed by atoms with Gasteiger partial charge in [0.15, 0.2) is 0 Å². The summed E-state index contributed by atoms with van der Waals surface area (Å²) in [5, 5.41) is 3.17. The van der Waals surface area contributed by atoms with Crippen LogP contribution in [0.1, 0.15) is 15.9 Å². The summed E-state index contributed by atoms with van der Waals surface area (Å²) in [5.74, 6) is 0.872. The molecule has 0 saturated heterocycles. The number of hydrogen-bond acceptors (Lipinski definition) is 4. The number of fused-ring (bicyclic) bond motifs is 1. The molecule has 0 aliphatic rings. The predicted octanol–water partition coefficient (Wildman–Crippen LogP) is 2.48. The van der Waals surface area contributed by atoms with Gasteiger partial charge in [-0.3, -0.25) is 9.59 Å². The summed E-state index contributed by atoms with van der Waals surface area (Å²) in [5.41, 5.74) is 1.21. The van der Waals surface area contributed by atoms with Gasteiger partial charge in [0, 0.05) is 12.7 Å². The quantitative estimate of drug-likeness (QED) is 0.749. The van der Waals surface area contributed by atoms with E-state index in [-0.39, 0.29) is 11.0 Å². The number of nitrogens with one attached hydrogen (secondary N) is 2. The van der Waals surface area contributed by atoms with Crippen LogP contribution in [-0.4, -0.2) is 25.1 Å². The van der Waals surface area contributed by atoms with Crippen molar-refractivity contribution >= 4 is 16.8 Å². The Kier molecular flexibility index (Phi) is 4.70. The average molecular weight is 338 g/mol. The lowest BCUT2D eigenvalue weighted by molar-refractivity contribution is 0.0949. The SMILES string of the molecule is COc1ccc(CNC(=O)c2c[nH]c3c(OC)cccc3c2=O)cc1. The van der Waals surface area contributed by atoms with Gasteiger partial charge in [-0.1, -0.05) is 18.2 Å². The van der Waals surface area contributed by atoms with Gasteiger partial charge < -0.3 is 19.8 Å². The maximum atomic E-state index is 12.6. The summed E-state index contributed by atoms with van der Waals surface area (Å²) in [6, 6.07) is 12.5. The van der Waals surface area contributed by atoms with E-state index in [1.807, 2.05) is 24.3 Å². The lowest BCUT2D eigenvalue weighted by Gasteiger charge is -2.08. The summed E-state index contributed by atoms with van der Waals surface area (Å²) in [7, 11) is 3.13. The number of carbonyl (C=O) groups excluding carboxylic acids is 1. The molecule has 0 fully saturated rings. The number of pyridine rings is 1. The third kappa shape index (κ3) is 3.33. The zero-order chi connectivity index (χ0) is 17.8. The Morgan fingerprint density at radius 2 is 1.84 bits per heavy atom. The molecule has 3 aromatic rings. The van der Waals surface area contributed by atoms with Gasteiger partial charge in [0.1, 0.15) is 17.1 Å². The topological polar surface area (TPSA) is 80.4 Å². The molecule has 2 N–H and O–H groups in total. The lowest BCUT2D eigenvalue weighted by Crippen LogP contribution is -2.28. The number of amides is 1. The number of hydrogen-bond donors (Lipinski definition) is 2. The molecule has 1 aromatic heterocycles. The summed E-state index contributed by atoms with van der Waals surface area (Å²) in [6.07, 6.45) is 1.41. The zero-order valence-electron chi connectivity index (χ0n) is 14.0. The second-order valence-corrected chi connectivity index (χ2v) is 5.45. The van der Waals surface area contributed by atoms with Crippen molar-refractivity contribution in [1.82, 2.24) is 10.3 Å². The molecule has 0 atom stereocenters. The van der Waals surface area contributed by atoms with Gasteiger partial charge >= 0.3 is 0 Å². The Hall–Kier alpha value is -3.28. The summed E-state index contributed by atoms with van der Waals surface area (Å²) in [6.45, 7) is 0.318. The van der Waals surface area contributed by atoms with E-state index in [1.54, 1.807) is 25.3 Å². The van der Waals surface area contributed by atoms with Crippen LogP contribution < -0.4 is 20.2 Å². The molecule has 0 saturated carbocycles. The van der Waals surface area contributed by atoms with Crippen LogP contribution >= 0.6 is 0 Å². The molecule has 1 heterocycles. The van der Waals surface area contributed by atoms with E-state index < -0.39 is 5.91 Å². The van der Waals surface area contributed by atoms with Gasteiger partial charge in [-0.25, -0.2) is 0 Å². The largest absolute Gasteiger partial charge is 0.497 e. The number of aromatic nitrogens is 1. The first-order valence-corrected chi connectivity index (χ1v) is 7.73. The normalized spacial score (nSPS) is 10.5. The molecule has 0 bridgehead atoms. The van der Waals surface area contributed by atoms with E-state index >= 15 is 0 Å². The number of para-hydroxylation sites is 1. The van der Waals surface area contributed by atoms with Crippen LogP contribution in [0.2, 0.25) is 0 Å². The van der Waals surface area contributed by atoms with Crippen molar-refractivity contribution in [2.75, 3.05) is 14.2 Å². The van der Waals surface area contributed by atoms with Gasteiger partial charge in [-0.2, -0.15) is 0 Å². The van der Waals surface area contributed by atoms with Crippen LogP contribution in [0.25, 0.3) is 10.9 Å². The fourth-order valence-corrected chi connectivity index (χ4v) is 2.58. The predicted molar refractivity (Wildman–Crippen MR) is 95.3 cm³/mol. The van der Waals surface area contributed by atoms with Crippen LogP contribution in [0, 0.1) is 0 Å². The monoisotopic (exact) mass is 338 g/mol. The Labute approximate surface area is 144 Å². The molecule has 0 aliphatic carbocycles. The molecule has 2 aromatic carbocycles. The molecule has 25 heavy (non-hydrogen) atoms. The first kappa shape index (κ1) is 16.6. The Balaban J connectivity index is 1.82. The van der Waals surface area contributed by atoms with E-state index in [1.165, 1.54) is 13.3 Å². The van der Waals surface area contributed by atoms with E-state index in [2.05, 4.69) is 10.3 Å². The van der Waals surface area contributed by atoms with Crippen LogP contribution in [0.4, 0.5) is 0 Å². The van der Waals surface area contributed by atoms with Crippen LogP contribution in [0.5, 0.6) is 11.5 Å². The molecule has 0 radical (unpaired) electrons. The molecule has 1 amide bonds. The third-order valence-electron chi connectivity index (χ3n) is 3.95. The van der Waals surface area contributed by atoms with Crippen LogP contribution in [0.15, 0.2) is 53.5 Å². The minimum Gasteiger partial charge on any atom is -0.497 e. The summed E-state index contributed by atoms with van der Waals surface area (Å²) >= 11 is 0. The third-order valence-corrected chi connectivity index (χ3v) is 3.95. The highest BCUT2D eigenvalue weighted by molar-refractivity contribution is 5.97. The number of H-pyrrole nitrogens is 1. The second-order valence-electron chi connectivity index (χ2n) is 5.45. The van der Waals surface area contributed by atoms with Gasteiger partial charge in [0.25, 0.3) is 5.91 Å². The van der Waals surface area contributed by atoms with Crippen molar-refractivity contribution in [3.63, 3.8) is 0 Å². The first-order valence-electron chi connectivity index (χ1n) is 7.73. The molecule has 6 heteroatoms. The van der Waals surface area contributed by atoms with Crippen molar-refractivity contribution in [2.45, 2.75) is 6.54 Å². The van der Waals surface area contributed by atoms with Crippen molar-refractivity contribution in [3.05, 3.63) is 70.0 Å². The second kappa shape index (κ2) is 7.09. The molecule has 0 aliphatic heterocycles. The first-order chi connectivity index (χ1) is 12.1. The summed E-state index contributed by atoms with van der Waals surface area (Å²) in [4.78, 5) is 27.9. The molecule has 128 valence electrons. The maximum absolute atomic E-state index is 12.6. The molecule has 3 rings (SSSR count). The van der Waals surface area contributed by atoms with Crippen molar-refractivity contribution < 1.29 is 14.3 Å². The van der Waals surface area contributed by atoms with Crippen molar-refractivity contribution in [1.29, 1.82) is 0 Å². The molecular weight excluding hydrogens is 320 g/mol. The molecule has 0 unspecified atom stereocenters. The van der Waals surface area contributed by atoms with Crippen LogP contribution in [0.3, 0.4) is 0 Å². The van der Waals surface area contributed by atoms with Crippen LogP contribution in [-0.2, 0) is 6.54 Å². The average Bonchev–Trinajstić information content (AvgIpc) is 2.66. The zero-order valence-corrected chi connectivity index (χ0v) is 14.0. The van der Waals surface area contributed by atoms with E-state index in [0.29, 0.717) is 23.2 Å². The fourth-order valence-electron chi connectivity index (χ4n) is 2.58. The highest BCUT2D eigenvalue weighted by atomic mass is 16.5. The number of rotatable bonds is 5. The smallest absolute Gasteiger partial charge is 0.257 e. The van der Waals surface area contributed by atoms with E-state index in [4.69, 9.17) is 9.47 Å². The number of benzene rings is 2. The molecule has 0 spiro atoms. The number of aromatic amines is 1. The van der Waals surface area contributed by atoms with Crippen molar-refractivity contribution in [3.8, 4) is 11.5 Å². The van der Waals surface area contributed by atoms with Gasteiger partial charge in [0.2, 0.25) is 5.43 Å². The van der Waals surface area contributed by atoms with E-state index in [9.17, 15) is 9.59 Å². The molecule has 6 nitrogen and oxygen atoms in total. The van der Waals surface area contributed by atoms with Gasteiger partial charge in [-0.05, 0) is 29.8 Å². The minimum absolute atomic E-state index is 0.0641. The molecular formula is C19H18N2O4. The Morgan fingerprint density at radius 3 is 2.52 bits per heavy atom. The Bertz CT molecular complexity index is 961. The maximum Gasteiger partial charge on any atom is 0.257 e. The summed E-state index contributed by atoms with van der Waals surface area (Å²) < 4.78 is 10.3. The fraction of sp³-hybridized carbons (Fsp3) is 0.158. The lowest BCUT2D eigenvalue weighted by atomic mass is 10.1. The van der Waals surface area contributed by atoms with Gasteiger partial charge in [0.05, 0.1) is 25.1 Å². The standard InChI is InChI=1S/C19H18N2O4/c1-24-13-8-6-12(7-9-13)10-21-19(23)15-11-20-17-14(18(15)22)4-3-5-16(17)25-2/h3-9,11H,10H2,1-2H3,(H,20,22)(H,21,23). The highest BCUT2D eigenvalue weighted by Crippen LogP contribution is 2.20. The van der Waals surface area contributed by atoms with Crippen molar-refractivity contribution in [2.24, 2.45) is 0 Å². The number of ether oxygens (including phenoxy) is 2. The Morgan fingerprint density at radius 1 is 1.08 bits per heavy atom. The highest BCUT2D eigenvalue weighted by Gasteiger charge is 2.14.